The number of alkyl carbamates (subject to hydrolysis) is 1. The Balaban J connectivity index is 3.60. The summed E-state index contributed by atoms with van der Waals surface area (Å²) in [4.78, 5) is 21.9. The molecule has 0 bridgehead atoms. The molecule has 5 nitrogen and oxygen atoms in total. The van der Waals surface area contributed by atoms with Gasteiger partial charge in [0.1, 0.15) is 0 Å². The summed E-state index contributed by atoms with van der Waals surface area (Å²) in [6.07, 6.45) is -0.696. The molecule has 6 heteroatoms. The molecule has 0 aromatic heterocycles. The molecule has 0 saturated carbocycles. The molecule has 14 heavy (non-hydrogen) atoms. The van der Waals surface area contributed by atoms with Crippen LogP contribution in [-0.2, 0) is 9.53 Å². The van der Waals surface area contributed by atoms with E-state index in [-0.39, 0.29) is 23.5 Å². The first-order chi connectivity index (χ1) is 6.60. The number of ether oxygens (including phenoxy) is 1. The highest BCUT2D eigenvalue weighted by Crippen LogP contribution is 2.07. The number of thioether (sulfide) groups is 1. The fraction of sp³-hybridized carbons (Fsp3) is 0.750. The van der Waals surface area contributed by atoms with Gasteiger partial charge >= 0.3 is 6.09 Å². The number of hydrogen-bond acceptors (Lipinski definition) is 5. The lowest BCUT2D eigenvalue weighted by molar-refractivity contribution is -0.117. The van der Waals surface area contributed by atoms with Crippen LogP contribution in [0.1, 0.15) is 13.8 Å². The van der Waals surface area contributed by atoms with Crippen molar-refractivity contribution >= 4 is 23.8 Å². The maximum absolute atomic E-state index is 11.1. The third-order valence-corrected chi connectivity index (χ3v) is 2.54. The molecule has 0 spiro atoms. The molecule has 82 valence electrons. The number of imide groups is 1. The van der Waals surface area contributed by atoms with Crippen molar-refractivity contribution < 1.29 is 14.3 Å². The van der Waals surface area contributed by atoms with Crippen LogP contribution in [0.5, 0.6) is 0 Å². The van der Waals surface area contributed by atoms with Crippen molar-refractivity contribution in [3.05, 3.63) is 0 Å². The van der Waals surface area contributed by atoms with Gasteiger partial charge in [-0.3, -0.25) is 10.1 Å². The van der Waals surface area contributed by atoms with Gasteiger partial charge < -0.3 is 10.5 Å². The summed E-state index contributed by atoms with van der Waals surface area (Å²) >= 11 is 1.40. The van der Waals surface area contributed by atoms with E-state index in [0.29, 0.717) is 6.54 Å². The zero-order valence-electron chi connectivity index (χ0n) is 8.41. The van der Waals surface area contributed by atoms with Gasteiger partial charge in [0, 0.05) is 11.8 Å². The lowest BCUT2D eigenvalue weighted by Crippen LogP contribution is -2.33. The normalized spacial score (nSPS) is 11.9. The van der Waals surface area contributed by atoms with Crippen LogP contribution in [0.2, 0.25) is 0 Å². The minimum absolute atomic E-state index is 0.211. The third-order valence-electron chi connectivity index (χ3n) is 1.35. The van der Waals surface area contributed by atoms with Crippen molar-refractivity contribution in [1.82, 2.24) is 5.32 Å². The van der Waals surface area contributed by atoms with Crippen LogP contribution in [0, 0.1) is 0 Å². The number of nitrogens with one attached hydrogen (secondary N) is 1. The fourth-order valence-electron chi connectivity index (χ4n) is 0.603. The second-order valence-corrected chi connectivity index (χ2v) is 4.05. The van der Waals surface area contributed by atoms with E-state index in [4.69, 9.17) is 5.73 Å². The Morgan fingerprint density at radius 2 is 2.21 bits per heavy atom. The number of amides is 2. The van der Waals surface area contributed by atoms with Crippen molar-refractivity contribution in [3.8, 4) is 0 Å². The molecule has 0 aromatic rings. The molecule has 1 unspecified atom stereocenters. The average Bonchev–Trinajstić information content (AvgIpc) is 2.14. The molecule has 1 atom stereocenters. The zero-order valence-corrected chi connectivity index (χ0v) is 9.23. The summed E-state index contributed by atoms with van der Waals surface area (Å²) < 4.78 is 4.54. The van der Waals surface area contributed by atoms with Crippen LogP contribution >= 0.6 is 11.8 Å². The number of carbonyl (C=O) groups is 2. The molecule has 0 radical (unpaired) electrons. The monoisotopic (exact) mass is 220 g/mol. The van der Waals surface area contributed by atoms with Gasteiger partial charge in [-0.15, -0.1) is 11.8 Å². The molecule has 0 aliphatic carbocycles. The van der Waals surface area contributed by atoms with E-state index in [0.717, 1.165) is 0 Å². The average molecular weight is 220 g/mol. The van der Waals surface area contributed by atoms with E-state index < -0.39 is 6.09 Å². The van der Waals surface area contributed by atoms with Crippen molar-refractivity contribution in [1.29, 1.82) is 0 Å². The molecule has 0 heterocycles. The SMILES string of the molecule is CCOC(=O)NC(=O)CSC(C)CN. The maximum atomic E-state index is 11.1. The molecule has 0 aromatic carbocycles. The molecule has 0 aliphatic heterocycles. The van der Waals surface area contributed by atoms with Crippen molar-refractivity contribution in [2.24, 2.45) is 5.73 Å². The quantitative estimate of drug-likeness (QED) is 0.698. The van der Waals surface area contributed by atoms with E-state index in [9.17, 15) is 9.59 Å². The molecule has 2 amide bonds. The van der Waals surface area contributed by atoms with Gasteiger partial charge in [0.2, 0.25) is 5.91 Å². The number of nitrogens with two attached hydrogens (primary N) is 1. The Labute approximate surface area is 87.7 Å². The highest BCUT2D eigenvalue weighted by molar-refractivity contribution is 8.00. The van der Waals surface area contributed by atoms with Gasteiger partial charge in [-0.25, -0.2) is 4.79 Å². The predicted molar refractivity (Wildman–Crippen MR) is 56.1 cm³/mol. The van der Waals surface area contributed by atoms with Crippen LogP contribution in [0.15, 0.2) is 0 Å². The molecule has 0 fully saturated rings. The first-order valence-electron chi connectivity index (χ1n) is 4.38. The number of carbonyl (C=O) groups excluding carboxylic acids is 2. The van der Waals surface area contributed by atoms with Gasteiger partial charge in [0.05, 0.1) is 12.4 Å². The molecule has 3 N–H and O–H groups in total. The van der Waals surface area contributed by atoms with E-state index in [1.54, 1.807) is 6.92 Å². The summed E-state index contributed by atoms with van der Waals surface area (Å²) in [5, 5.41) is 2.31. The molecule has 0 rings (SSSR count). The van der Waals surface area contributed by atoms with Gasteiger partial charge in [-0.2, -0.15) is 0 Å². The van der Waals surface area contributed by atoms with E-state index in [1.807, 2.05) is 6.92 Å². The topological polar surface area (TPSA) is 81.4 Å². The second kappa shape index (κ2) is 7.64. The zero-order chi connectivity index (χ0) is 11.0. The predicted octanol–water partition coefficient (Wildman–Crippen LogP) is 0.340. The van der Waals surface area contributed by atoms with Gasteiger partial charge in [0.15, 0.2) is 0 Å². The van der Waals surface area contributed by atoms with Gasteiger partial charge in [-0.1, -0.05) is 6.92 Å². The van der Waals surface area contributed by atoms with Crippen LogP contribution in [0.25, 0.3) is 0 Å². The molecular weight excluding hydrogens is 204 g/mol. The summed E-state index contributed by atoms with van der Waals surface area (Å²) in [6, 6.07) is 0. The summed E-state index contributed by atoms with van der Waals surface area (Å²) in [5.41, 5.74) is 5.36. The largest absolute Gasteiger partial charge is 0.450 e. The van der Waals surface area contributed by atoms with Crippen LogP contribution in [0.3, 0.4) is 0 Å². The Bertz CT molecular complexity index is 199. The van der Waals surface area contributed by atoms with Crippen LogP contribution in [0.4, 0.5) is 4.79 Å². The van der Waals surface area contributed by atoms with Crippen LogP contribution < -0.4 is 11.1 Å². The minimum atomic E-state index is -0.696. The highest BCUT2D eigenvalue weighted by atomic mass is 32.2. The highest BCUT2D eigenvalue weighted by Gasteiger charge is 2.09. The van der Waals surface area contributed by atoms with E-state index in [2.05, 4.69) is 10.1 Å². The first-order valence-corrected chi connectivity index (χ1v) is 5.43. The lowest BCUT2D eigenvalue weighted by Gasteiger charge is -2.07. The molecule has 0 aliphatic rings. The Kier molecular flexibility index (Phi) is 7.23. The smallest absolute Gasteiger partial charge is 0.413 e. The molecule has 0 saturated heterocycles. The first kappa shape index (κ1) is 13.2. The van der Waals surface area contributed by atoms with Crippen molar-refractivity contribution in [2.45, 2.75) is 19.1 Å². The number of rotatable bonds is 5. The number of hydrogen-bond donors (Lipinski definition) is 2. The Hall–Kier alpha value is -0.750. The van der Waals surface area contributed by atoms with Crippen LogP contribution in [-0.4, -0.2) is 36.2 Å². The fourth-order valence-corrected chi connectivity index (χ4v) is 1.25. The van der Waals surface area contributed by atoms with E-state index in [1.165, 1.54) is 11.8 Å². The minimum Gasteiger partial charge on any atom is -0.450 e. The van der Waals surface area contributed by atoms with Gasteiger partial charge in [0.25, 0.3) is 0 Å². The lowest BCUT2D eigenvalue weighted by atomic mass is 10.5. The van der Waals surface area contributed by atoms with Crippen molar-refractivity contribution in [2.75, 3.05) is 18.9 Å². The molecular formula is C8H16N2O3S. The second-order valence-electron chi connectivity index (χ2n) is 2.63. The Morgan fingerprint density at radius 3 is 2.71 bits per heavy atom. The Morgan fingerprint density at radius 1 is 1.57 bits per heavy atom. The summed E-state index contributed by atoms with van der Waals surface area (Å²) in [5.74, 6) is -0.134. The standard InChI is InChI=1S/C8H16N2O3S/c1-3-13-8(12)10-7(11)5-14-6(2)4-9/h6H,3-5,9H2,1-2H3,(H,10,11,12). The summed E-state index contributed by atoms with van der Waals surface area (Å²) in [6.45, 7) is 4.36. The van der Waals surface area contributed by atoms with E-state index >= 15 is 0 Å². The maximum Gasteiger partial charge on any atom is 0.413 e. The summed E-state index contributed by atoms with van der Waals surface area (Å²) in [7, 11) is 0. The van der Waals surface area contributed by atoms with Gasteiger partial charge in [-0.05, 0) is 6.92 Å². The van der Waals surface area contributed by atoms with Crippen molar-refractivity contribution in [3.63, 3.8) is 0 Å². The third kappa shape index (κ3) is 6.73.